The summed E-state index contributed by atoms with van der Waals surface area (Å²) >= 11 is 1.81. The molecule has 0 aromatic rings. The van der Waals surface area contributed by atoms with Crippen molar-refractivity contribution >= 4 is 22.0 Å². The molecule has 0 aromatic heterocycles. The van der Waals surface area contributed by atoms with Crippen molar-refractivity contribution in [1.82, 2.24) is 14.3 Å². The van der Waals surface area contributed by atoms with E-state index >= 15 is 0 Å². The largest absolute Gasteiger partial charge is 0.314 e. The van der Waals surface area contributed by atoms with E-state index in [-0.39, 0.29) is 6.04 Å². The first-order chi connectivity index (χ1) is 8.58. The fourth-order valence-corrected chi connectivity index (χ4v) is 4.37. The molecule has 2 N–H and O–H groups in total. The average molecular weight is 293 g/mol. The fourth-order valence-electron chi connectivity index (χ4n) is 1.94. The van der Waals surface area contributed by atoms with Crippen LogP contribution in [0.15, 0.2) is 0 Å². The van der Waals surface area contributed by atoms with Crippen LogP contribution in [0.3, 0.4) is 0 Å². The van der Waals surface area contributed by atoms with E-state index in [2.05, 4.69) is 10.0 Å². The van der Waals surface area contributed by atoms with Crippen molar-refractivity contribution in [1.29, 1.82) is 0 Å². The zero-order valence-electron chi connectivity index (χ0n) is 10.9. The summed E-state index contributed by atoms with van der Waals surface area (Å²) in [6.07, 6.45) is 4.36. The smallest absolute Gasteiger partial charge is 0.279 e. The van der Waals surface area contributed by atoms with Gasteiger partial charge in [0.1, 0.15) is 0 Å². The normalized spacial score (nSPS) is 24.9. The Morgan fingerprint density at radius 2 is 2.06 bits per heavy atom. The molecule has 1 unspecified atom stereocenters. The summed E-state index contributed by atoms with van der Waals surface area (Å²) in [5, 5.41) is 3.39. The minimum absolute atomic E-state index is 0.118. The molecule has 0 spiro atoms. The Morgan fingerprint density at radius 1 is 1.28 bits per heavy atom. The summed E-state index contributed by atoms with van der Waals surface area (Å²) in [6, 6.07) is 0.813. The van der Waals surface area contributed by atoms with Crippen LogP contribution in [0, 0.1) is 0 Å². The lowest BCUT2D eigenvalue weighted by atomic mass is 10.3. The van der Waals surface area contributed by atoms with E-state index in [1.54, 1.807) is 7.05 Å². The lowest BCUT2D eigenvalue weighted by Crippen LogP contribution is -2.44. The Labute approximate surface area is 114 Å². The summed E-state index contributed by atoms with van der Waals surface area (Å²) < 4.78 is 28.2. The van der Waals surface area contributed by atoms with Gasteiger partial charge in [0.15, 0.2) is 0 Å². The van der Waals surface area contributed by atoms with Crippen molar-refractivity contribution < 1.29 is 8.42 Å². The second-order valence-electron chi connectivity index (χ2n) is 5.09. The predicted octanol–water partition coefficient (Wildman–Crippen LogP) is 0.400. The minimum atomic E-state index is -3.29. The molecular weight excluding hydrogens is 270 g/mol. The van der Waals surface area contributed by atoms with Crippen molar-refractivity contribution in [2.75, 3.05) is 31.6 Å². The van der Waals surface area contributed by atoms with E-state index in [9.17, 15) is 8.42 Å². The highest BCUT2D eigenvalue weighted by Gasteiger charge is 2.25. The summed E-state index contributed by atoms with van der Waals surface area (Å²) in [5.74, 6) is 1.96. The molecule has 0 aromatic carbocycles. The van der Waals surface area contributed by atoms with Gasteiger partial charge in [0.25, 0.3) is 10.2 Å². The molecule has 18 heavy (non-hydrogen) atoms. The Bertz CT molecular complexity index is 351. The molecule has 7 heteroatoms. The Morgan fingerprint density at radius 3 is 2.67 bits per heavy atom. The predicted molar refractivity (Wildman–Crippen MR) is 76.1 cm³/mol. The minimum Gasteiger partial charge on any atom is -0.314 e. The van der Waals surface area contributed by atoms with E-state index in [0.29, 0.717) is 12.6 Å². The molecule has 1 saturated carbocycles. The van der Waals surface area contributed by atoms with Gasteiger partial charge in [-0.2, -0.15) is 29.2 Å². The first kappa shape index (κ1) is 14.6. The number of hydrogen-bond acceptors (Lipinski definition) is 4. The van der Waals surface area contributed by atoms with Crippen molar-refractivity contribution in [2.24, 2.45) is 0 Å². The van der Waals surface area contributed by atoms with Gasteiger partial charge in [0.2, 0.25) is 0 Å². The van der Waals surface area contributed by atoms with E-state index in [4.69, 9.17) is 0 Å². The van der Waals surface area contributed by atoms with E-state index in [1.165, 1.54) is 17.1 Å². The molecule has 1 saturated heterocycles. The fraction of sp³-hybridized carbons (Fsp3) is 1.00. The van der Waals surface area contributed by atoms with Crippen LogP contribution in [-0.2, 0) is 10.2 Å². The highest BCUT2D eigenvalue weighted by atomic mass is 32.2. The van der Waals surface area contributed by atoms with Crippen molar-refractivity contribution in [3.63, 3.8) is 0 Å². The molecule has 106 valence electrons. The monoisotopic (exact) mass is 293 g/mol. The molecule has 1 aliphatic heterocycles. The maximum Gasteiger partial charge on any atom is 0.279 e. The second kappa shape index (κ2) is 6.56. The SMILES string of the molecule is CN(CCCNC1CC1)S(=O)(=O)NC1CCSC1. The highest BCUT2D eigenvalue weighted by Crippen LogP contribution is 2.19. The number of rotatable bonds is 8. The third-order valence-corrected chi connectivity index (χ3v) is 6.11. The van der Waals surface area contributed by atoms with Crippen LogP contribution >= 0.6 is 11.8 Å². The lowest BCUT2D eigenvalue weighted by Gasteiger charge is -2.20. The first-order valence-electron chi connectivity index (χ1n) is 6.62. The summed E-state index contributed by atoms with van der Waals surface area (Å²) in [7, 11) is -1.63. The standard InChI is InChI=1S/C11H23N3O2S2/c1-14(7-2-6-12-10-3-4-10)18(15,16)13-11-5-8-17-9-11/h10-13H,2-9H2,1H3. The van der Waals surface area contributed by atoms with Crippen LogP contribution in [0.1, 0.15) is 25.7 Å². The zero-order valence-corrected chi connectivity index (χ0v) is 12.5. The van der Waals surface area contributed by atoms with Gasteiger partial charge in [-0.15, -0.1) is 0 Å². The first-order valence-corrected chi connectivity index (χ1v) is 9.22. The molecule has 0 radical (unpaired) electrons. The van der Waals surface area contributed by atoms with Gasteiger partial charge in [-0.05, 0) is 38.0 Å². The average Bonchev–Trinajstić information content (AvgIpc) is 3.01. The molecule has 5 nitrogen and oxygen atoms in total. The molecule has 0 bridgehead atoms. The number of nitrogens with zero attached hydrogens (tertiary/aromatic N) is 1. The molecule has 2 rings (SSSR count). The van der Waals surface area contributed by atoms with Crippen LogP contribution in [0.25, 0.3) is 0 Å². The Hall–Kier alpha value is 0.180. The summed E-state index contributed by atoms with van der Waals surface area (Å²) in [6.45, 7) is 1.48. The van der Waals surface area contributed by atoms with Crippen LogP contribution in [-0.4, -0.2) is 56.4 Å². The molecule has 1 aliphatic carbocycles. The van der Waals surface area contributed by atoms with E-state index in [0.717, 1.165) is 30.9 Å². The van der Waals surface area contributed by atoms with Crippen molar-refractivity contribution in [3.05, 3.63) is 0 Å². The third kappa shape index (κ3) is 4.70. The Kier molecular flexibility index (Phi) is 5.32. The maximum absolute atomic E-state index is 12.0. The highest BCUT2D eigenvalue weighted by molar-refractivity contribution is 7.99. The van der Waals surface area contributed by atoms with Crippen molar-refractivity contribution in [2.45, 2.75) is 37.8 Å². The van der Waals surface area contributed by atoms with Gasteiger partial charge in [0, 0.05) is 31.4 Å². The number of nitrogens with one attached hydrogen (secondary N) is 2. The molecule has 2 fully saturated rings. The van der Waals surface area contributed by atoms with Crippen LogP contribution < -0.4 is 10.0 Å². The molecule has 0 amide bonds. The van der Waals surface area contributed by atoms with Crippen LogP contribution in [0.2, 0.25) is 0 Å². The molecule has 1 heterocycles. The zero-order chi connectivity index (χ0) is 13.0. The molecule has 2 aliphatic rings. The van der Waals surface area contributed by atoms with Crippen molar-refractivity contribution in [3.8, 4) is 0 Å². The number of thioether (sulfide) groups is 1. The van der Waals surface area contributed by atoms with Crippen LogP contribution in [0.5, 0.6) is 0 Å². The van der Waals surface area contributed by atoms with Crippen LogP contribution in [0.4, 0.5) is 0 Å². The summed E-state index contributed by atoms with van der Waals surface area (Å²) in [4.78, 5) is 0. The van der Waals surface area contributed by atoms with Gasteiger partial charge in [-0.1, -0.05) is 0 Å². The van der Waals surface area contributed by atoms with Gasteiger partial charge in [0.05, 0.1) is 0 Å². The third-order valence-electron chi connectivity index (χ3n) is 3.32. The topological polar surface area (TPSA) is 61.4 Å². The van der Waals surface area contributed by atoms with Gasteiger partial charge in [-0.25, -0.2) is 0 Å². The molecular formula is C11H23N3O2S2. The van der Waals surface area contributed by atoms with Gasteiger partial charge < -0.3 is 5.32 Å². The quantitative estimate of drug-likeness (QED) is 0.636. The van der Waals surface area contributed by atoms with E-state index in [1.807, 2.05) is 11.8 Å². The van der Waals surface area contributed by atoms with Gasteiger partial charge in [-0.3, -0.25) is 0 Å². The maximum atomic E-state index is 12.0. The molecule has 1 atom stereocenters. The number of hydrogen-bond donors (Lipinski definition) is 2. The second-order valence-corrected chi connectivity index (χ2v) is 8.05. The van der Waals surface area contributed by atoms with Gasteiger partial charge >= 0.3 is 0 Å². The summed E-state index contributed by atoms with van der Waals surface area (Å²) in [5.41, 5.74) is 0. The Balaban J connectivity index is 1.66. The van der Waals surface area contributed by atoms with E-state index < -0.39 is 10.2 Å². The lowest BCUT2D eigenvalue weighted by molar-refractivity contribution is 0.437.